The van der Waals surface area contributed by atoms with E-state index in [9.17, 15) is 0 Å². The smallest absolute Gasteiger partial charge is 0.118 e. The van der Waals surface area contributed by atoms with Crippen LogP contribution in [-0.2, 0) is 4.74 Å². The summed E-state index contributed by atoms with van der Waals surface area (Å²) in [6, 6.07) is 3.83. The molecule has 1 unspecified atom stereocenters. The summed E-state index contributed by atoms with van der Waals surface area (Å²) < 4.78 is 7.47. The van der Waals surface area contributed by atoms with Crippen LogP contribution >= 0.6 is 0 Å². The molecule has 0 spiro atoms. The van der Waals surface area contributed by atoms with Crippen molar-refractivity contribution < 1.29 is 4.74 Å². The molecule has 2 aromatic heterocycles. The first-order valence-corrected chi connectivity index (χ1v) is 5.15. The number of nitrogen functional groups attached to an aromatic ring is 1. The predicted molar refractivity (Wildman–Crippen MR) is 57.8 cm³/mol. The fourth-order valence-electron chi connectivity index (χ4n) is 2.08. The molecule has 0 radical (unpaired) electrons. The van der Waals surface area contributed by atoms with Gasteiger partial charge < -0.3 is 14.9 Å². The number of nitrogens with two attached hydrogens (primary N) is 1. The highest BCUT2D eigenvalue weighted by molar-refractivity contribution is 5.56. The van der Waals surface area contributed by atoms with Crippen molar-refractivity contribution in [3.8, 4) is 0 Å². The molecule has 1 saturated heterocycles. The number of ether oxygens (including phenoxy) is 1. The molecule has 0 bridgehead atoms. The molecule has 78 valence electrons. The zero-order valence-corrected chi connectivity index (χ0v) is 8.39. The van der Waals surface area contributed by atoms with Crippen molar-refractivity contribution in [1.82, 2.24) is 9.38 Å². The Morgan fingerprint density at radius 1 is 1.53 bits per heavy atom. The molecule has 4 nitrogen and oxygen atoms in total. The van der Waals surface area contributed by atoms with Gasteiger partial charge in [-0.05, 0) is 18.6 Å². The number of aromatic nitrogens is 2. The second kappa shape index (κ2) is 3.24. The second-order valence-electron chi connectivity index (χ2n) is 3.93. The Morgan fingerprint density at radius 3 is 3.27 bits per heavy atom. The summed E-state index contributed by atoms with van der Waals surface area (Å²) >= 11 is 0. The first kappa shape index (κ1) is 8.73. The van der Waals surface area contributed by atoms with Gasteiger partial charge in [-0.15, -0.1) is 0 Å². The highest BCUT2D eigenvalue weighted by Crippen LogP contribution is 2.25. The molecule has 1 atom stereocenters. The molecule has 4 heteroatoms. The number of hydrogen-bond donors (Lipinski definition) is 1. The van der Waals surface area contributed by atoms with E-state index in [4.69, 9.17) is 10.5 Å². The van der Waals surface area contributed by atoms with Gasteiger partial charge >= 0.3 is 0 Å². The van der Waals surface area contributed by atoms with Crippen LogP contribution in [0.15, 0.2) is 24.5 Å². The van der Waals surface area contributed by atoms with Crippen molar-refractivity contribution >= 4 is 11.2 Å². The largest absolute Gasteiger partial charge is 0.399 e. The Bertz CT molecular complexity index is 486. The van der Waals surface area contributed by atoms with Gasteiger partial charge in [-0.2, -0.15) is 0 Å². The molecule has 0 saturated carbocycles. The lowest BCUT2D eigenvalue weighted by molar-refractivity contribution is 0.193. The van der Waals surface area contributed by atoms with Crippen LogP contribution in [0.2, 0.25) is 0 Å². The summed E-state index contributed by atoms with van der Waals surface area (Å²) in [7, 11) is 0. The van der Waals surface area contributed by atoms with Crippen molar-refractivity contribution in [2.24, 2.45) is 0 Å². The van der Waals surface area contributed by atoms with E-state index in [-0.39, 0.29) is 0 Å². The minimum absolute atomic E-state index is 0.427. The molecule has 2 N–H and O–H groups in total. The zero-order chi connectivity index (χ0) is 10.3. The highest BCUT2D eigenvalue weighted by Gasteiger charge is 2.21. The van der Waals surface area contributed by atoms with Crippen LogP contribution in [-0.4, -0.2) is 22.6 Å². The molecule has 0 amide bonds. The number of pyridine rings is 1. The summed E-state index contributed by atoms with van der Waals surface area (Å²) in [5.41, 5.74) is 7.55. The van der Waals surface area contributed by atoms with E-state index in [1.54, 1.807) is 0 Å². The van der Waals surface area contributed by atoms with Crippen LogP contribution in [0.25, 0.3) is 5.52 Å². The summed E-state index contributed by atoms with van der Waals surface area (Å²) in [4.78, 5) is 4.45. The zero-order valence-electron chi connectivity index (χ0n) is 8.39. The van der Waals surface area contributed by atoms with Gasteiger partial charge in [-0.1, -0.05) is 0 Å². The Labute approximate surface area is 87.7 Å². The van der Waals surface area contributed by atoms with Crippen molar-refractivity contribution in [3.05, 3.63) is 30.4 Å². The van der Waals surface area contributed by atoms with Gasteiger partial charge in [-0.25, -0.2) is 4.98 Å². The van der Waals surface area contributed by atoms with Gasteiger partial charge in [-0.3, -0.25) is 0 Å². The lowest BCUT2D eigenvalue weighted by Gasteiger charge is -2.06. The van der Waals surface area contributed by atoms with E-state index in [0.29, 0.717) is 5.92 Å². The molecule has 0 aromatic carbocycles. The van der Waals surface area contributed by atoms with Crippen LogP contribution < -0.4 is 5.73 Å². The van der Waals surface area contributed by atoms with E-state index >= 15 is 0 Å². The Balaban J connectivity index is 2.11. The van der Waals surface area contributed by atoms with Gasteiger partial charge in [0.15, 0.2) is 0 Å². The van der Waals surface area contributed by atoms with Crippen LogP contribution in [0.4, 0.5) is 5.69 Å². The molecule has 1 aliphatic rings. The highest BCUT2D eigenvalue weighted by atomic mass is 16.5. The third-order valence-electron chi connectivity index (χ3n) is 2.88. The lowest BCUT2D eigenvalue weighted by atomic mass is 10.1. The van der Waals surface area contributed by atoms with E-state index in [1.165, 1.54) is 0 Å². The van der Waals surface area contributed by atoms with E-state index in [1.807, 2.05) is 24.5 Å². The fourth-order valence-corrected chi connectivity index (χ4v) is 2.08. The first-order chi connectivity index (χ1) is 7.34. The van der Waals surface area contributed by atoms with Crippen LogP contribution in [0.1, 0.15) is 18.2 Å². The van der Waals surface area contributed by atoms with Crippen LogP contribution in [0.5, 0.6) is 0 Å². The van der Waals surface area contributed by atoms with Gasteiger partial charge in [0.1, 0.15) is 5.82 Å². The van der Waals surface area contributed by atoms with Crippen LogP contribution in [0.3, 0.4) is 0 Å². The summed E-state index contributed by atoms with van der Waals surface area (Å²) in [5, 5.41) is 0. The maximum atomic E-state index is 5.72. The number of hydrogen-bond acceptors (Lipinski definition) is 3. The van der Waals surface area contributed by atoms with Crippen molar-refractivity contribution in [3.63, 3.8) is 0 Å². The first-order valence-electron chi connectivity index (χ1n) is 5.15. The molecular formula is C11H13N3O. The molecule has 15 heavy (non-hydrogen) atoms. The molecule has 2 aromatic rings. The van der Waals surface area contributed by atoms with Gasteiger partial charge in [0.25, 0.3) is 0 Å². The maximum Gasteiger partial charge on any atom is 0.118 e. The predicted octanol–water partition coefficient (Wildman–Crippen LogP) is 1.42. The van der Waals surface area contributed by atoms with E-state index < -0.39 is 0 Å². The number of anilines is 1. The molecule has 1 fully saturated rings. The second-order valence-corrected chi connectivity index (χ2v) is 3.93. The van der Waals surface area contributed by atoms with Crippen molar-refractivity contribution in [2.45, 2.75) is 12.3 Å². The third-order valence-corrected chi connectivity index (χ3v) is 2.88. The van der Waals surface area contributed by atoms with E-state index in [0.717, 1.165) is 36.7 Å². The van der Waals surface area contributed by atoms with Crippen molar-refractivity contribution in [1.29, 1.82) is 0 Å². The Morgan fingerprint density at radius 2 is 2.47 bits per heavy atom. The van der Waals surface area contributed by atoms with Crippen LogP contribution in [0, 0.1) is 0 Å². The minimum atomic E-state index is 0.427. The lowest BCUT2D eigenvalue weighted by Crippen LogP contribution is -2.03. The Kier molecular flexibility index (Phi) is 1.89. The van der Waals surface area contributed by atoms with Gasteiger partial charge in [0.05, 0.1) is 18.3 Å². The third kappa shape index (κ3) is 1.37. The molecule has 0 aliphatic carbocycles. The maximum absolute atomic E-state index is 5.72. The van der Waals surface area contributed by atoms with E-state index in [2.05, 4.69) is 9.38 Å². The standard InChI is InChI=1S/C11H13N3O/c12-9-1-3-14-10(5-9)6-13-11(14)8-2-4-15-7-8/h1,3,5-6,8H,2,4,7,12H2. The topological polar surface area (TPSA) is 52.5 Å². The normalized spacial score (nSPS) is 21.2. The Hall–Kier alpha value is -1.55. The SMILES string of the molecule is Nc1ccn2c(C3CCOC3)ncc2c1. The fraction of sp³-hybridized carbons (Fsp3) is 0.364. The molecule has 1 aliphatic heterocycles. The molecule has 3 rings (SSSR count). The summed E-state index contributed by atoms with van der Waals surface area (Å²) in [5.74, 6) is 1.51. The number of nitrogens with zero attached hydrogens (tertiary/aromatic N) is 2. The van der Waals surface area contributed by atoms with Gasteiger partial charge in [0, 0.05) is 24.4 Å². The number of imidazole rings is 1. The van der Waals surface area contributed by atoms with Gasteiger partial charge in [0.2, 0.25) is 0 Å². The number of rotatable bonds is 1. The summed E-state index contributed by atoms with van der Waals surface area (Å²) in [6.07, 6.45) is 4.90. The average molecular weight is 203 g/mol. The molecular weight excluding hydrogens is 190 g/mol. The number of fused-ring (bicyclic) bond motifs is 1. The van der Waals surface area contributed by atoms with Crippen molar-refractivity contribution in [2.75, 3.05) is 18.9 Å². The average Bonchev–Trinajstić information content (AvgIpc) is 2.82. The summed E-state index contributed by atoms with van der Waals surface area (Å²) in [6.45, 7) is 1.62. The minimum Gasteiger partial charge on any atom is -0.399 e. The monoisotopic (exact) mass is 203 g/mol. The molecule has 3 heterocycles. The quantitative estimate of drug-likeness (QED) is 0.762.